The number of hydrogen-bond acceptors (Lipinski definition) is 3. The molecule has 0 saturated heterocycles. The summed E-state index contributed by atoms with van der Waals surface area (Å²) in [6.07, 6.45) is 2.21. The van der Waals surface area contributed by atoms with Gasteiger partial charge in [0.2, 0.25) is 5.91 Å². The number of rotatable bonds is 6. The molecule has 0 radical (unpaired) electrons. The number of benzene rings is 2. The van der Waals surface area contributed by atoms with Gasteiger partial charge in [0.1, 0.15) is 5.82 Å². The highest BCUT2D eigenvalue weighted by molar-refractivity contribution is 5.84. The summed E-state index contributed by atoms with van der Waals surface area (Å²) in [7, 11) is 0. The summed E-state index contributed by atoms with van der Waals surface area (Å²) >= 11 is 0. The fourth-order valence-corrected chi connectivity index (χ4v) is 4.42. The van der Waals surface area contributed by atoms with Crippen molar-refractivity contribution in [1.82, 2.24) is 14.9 Å². The predicted octanol–water partition coefficient (Wildman–Crippen LogP) is 4.69. The van der Waals surface area contributed by atoms with E-state index in [1.54, 1.807) is 6.07 Å². The van der Waals surface area contributed by atoms with Crippen LogP contribution >= 0.6 is 0 Å². The summed E-state index contributed by atoms with van der Waals surface area (Å²) in [6.45, 7) is 9.18. The van der Waals surface area contributed by atoms with Gasteiger partial charge in [0.15, 0.2) is 0 Å². The number of carbonyl (C=O) groups is 1. The third-order valence-electron chi connectivity index (χ3n) is 6.22. The third kappa shape index (κ3) is 4.31. The van der Waals surface area contributed by atoms with E-state index in [1.165, 1.54) is 5.57 Å². The number of nitrogens with zero attached hydrogens (tertiary/aromatic N) is 2. The van der Waals surface area contributed by atoms with Gasteiger partial charge < -0.3 is 9.88 Å². The molecule has 3 aromatic rings. The van der Waals surface area contributed by atoms with Crippen molar-refractivity contribution in [2.75, 3.05) is 0 Å². The normalized spacial score (nSPS) is 19.1. The second kappa shape index (κ2) is 8.14. The third-order valence-corrected chi connectivity index (χ3v) is 6.22. The van der Waals surface area contributed by atoms with E-state index in [2.05, 4.69) is 43.7 Å². The van der Waals surface area contributed by atoms with Gasteiger partial charge in [-0.1, -0.05) is 68.0 Å². The molecule has 1 fully saturated rings. The number of carbonyl (C=O) groups excluding carboxylic acids is 1. The van der Waals surface area contributed by atoms with Crippen LogP contribution in [0.3, 0.4) is 0 Å². The van der Waals surface area contributed by atoms with Crippen LogP contribution in [0.1, 0.15) is 39.1 Å². The van der Waals surface area contributed by atoms with E-state index in [-0.39, 0.29) is 35.3 Å². The topological polar surface area (TPSA) is 66.1 Å². The molecule has 31 heavy (non-hydrogen) atoms. The SMILES string of the molecule is CC(C)=C[C@@H]1[C@@H](C(=O)N(Cc2ccccc2)Cc2nc3ccccc3c(=O)[nH]2)C1(C)C. The van der Waals surface area contributed by atoms with Crippen molar-refractivity contribution >= 4 is 16.8 Å². The number of aromatic nitrogens is 2. The molecule has 1 amide bonds. The second-order valence-electron chi connectivity index (χ2n) is 9.28. The van der Waals surface area contributed by atoms with E-state index in [0.717, 1.165) is 5.56 Å². The second-order valence-corrected chi connectivity index (χ2v) is 9.28. The first-order chi connectivity index (χ1) is 14.8. The lowest BCUT2D eigenvalue weighted by Gasteiger charge is -2.23. The van der Waals surface area contributed by atoms with Crippen molar-refractivity contribution in [3.8, 4) is 0 Å². The van der Waals surface area contributed by atoms with Gasteiger partial charge in [-0.2, -0.15) is 0 Å². The standard InChI is InChI=1S/C26H29N3O2/c1-17(2)14-20-23(26(20,3)4)25(31)29(15-18-10-6-5-7-11-18)16-22-27-21-13-9-8-12-19(21)24(30)28-22/h5-14,20,23H,15-16H2,1-4H3,(H,27,28,30)/t20-,23+/m1/s1. The van der Waals surface area contributed by atoms with Crippen LogP contribution in [0.5, 0.6) is 0 Å². The highest BCUT2D eigenvalue weighted by Gasteiger charge is 2.61. The molecule has 1 aliphatic carbocycles. The number of para-hydroxylation sites is 1. The molecule has 160 valence electrons. The Bertz CT molecular complexity index is 1190. The first kappa shape index (κ1) is 21.0. The van der Waals surface area contributed by atoms with Crippen LogP contribution in [0.4, 0.5) is 0 Å². The van der Waals surface area contributed by atoms with Crippen LogP contribution in [0.15, 0.2) is 71.0 Å². The first-order valence-electron chi connectivity index (χ1n) is 10.7. The average Bonchev–Trinajstić information content (AvgIpc) is 3.26. The van der Waals surface area contributed by atoms with Gasteiger partial charge in [0.25, 0.3) is 5.56 Å². The first-order valence-corrected chi connectivity index (χ1v) is 10.7. The summed E-state index contributed by atoms with van der Waals surface area (Å²) in [5.41, 5.74) is 2.66. The zero-order valence-corrected chi connectivity index (χ0v) is 18.6. The van der Waals surface area contributed by atoms with Crippen LogP contribution in [0.25, 0.3) is 10.9 Å². The Kier molecular flexibility index (Phi) is 5.52. The van der Waals surface area contributed by atoms with E-state index in [9.17, 15) is 9.59 Å². The highest BCUT2D eigenvalue weighted by Crippen LogP contribution is 2.60. The molecule has 0 bridgehead atoms. The molecular weight excluding hydrogens is 386 g/mol. The Hall–Kier alpha value is -3.21. The van der Waals surface area contributed by atoms with Gasteiger partial charge in [-0.05, 0) is 42.9 Å². The lowest BCUT2D eigenvalue weighted by atomic mass is 10.1. The van der Waals surface area contributed by atoms with Crippen LogP contribution in [0, 0.1) is 17.3 Å². The number of aromatic amines is 1. The molecule has 2 aromatic carbocycles. The maximum absolute atomic E-state index is 13.6. The molecule has 1 saturated carbocycles. The summed E-state index contributed by atoms with van der Waals surface area (Å²) in [6, 6.07) is 17.2. The fraction of sp³-hybridized carbons (Fsp3) is 0.346. The van der Waals surface area contributed by atoms with Crippen LogP contribution in [-0.2, 0) is 17.9 Å². The molecule has 1 heterocycles. The Labute approximate surface area is 182 Å². The van der Waals surface area contributed by atoms with Gasteiger partial charge in [0.05, 0.1) is 23.4 Å². The van der Waals surface area contributed by atoms with Crippen LogP contribution in [0.2, 0.25) is 0 Å². The Morgan fingerprint density at radius 2 is 1.74 bits per heavy atom. The molecule has 1 N–H and O–H groups in total. The van der Waals surface area contributed by atoms with E-state index in [4.69, 9.17) is 0 Å². The molecule has 0 aliphatic heterocycles. The molecule has 4 rings (SSSR count). The lowest BCUT2D eigenvalue weighted by molar-refractivity contribution is -0.134. The molecule has 1 aliphatic rings. The Morgan fingerprint density at radius 3 is 2.45 bits per heavy atom. The summed E-state index contributed by atoms with van der Waals surface area (Å²) < 4.78 is 0. The minimum atomic E-state index is -0.179. The predicted molar refractivity (Wildman–Crippen MR) is 123 cm³/mol. The van der Waals surface area contributed by atoms with Gasteiger partial charge in [-0.15, -0.1) is 0 Å². The average molecular weight is 416 g/mol. The molecule has 0 unspecified atom stereocenters. The number of amides is 1. The Balaban J connectivity index is 1.66. The number of allylic oxidation sites excluding steroid dienone is 2. The minimum absolute atomic E-state index is 0.0710. The minimum Gasteiger partial charge on any atom is -0.331 e. The summed E-state index contributed by atoms with van der Waals surface area (Å²) in [4.78, 5) is 35.5. The number of hydrogen-bond donors (Lipinski definition) is 1. The van der Waals surface area contributed by atoms with E-state index >= 15 is 0 Å². The summed E-state index contributed by atoms with van der Waals surface area (Å²) in [5, 5.41) is 0.555. The molecule has 5 nitrogen and oxygen atoms in total. The van der Waals surface area contributed by atoms with Crippen molar-refractivity contribution in [2.24, 2.45) is 17.3 Å². The van der Waals surface area contributed by atoms with E-state index < -0.39 is 0 Å². The maximum Gasteiger partial charge on any atom is 0.258 e. The van der Waals surface area contributed by atoms with Crippen molar-refractivity contribution in [1.29, 1.82) is 0 Å². The molecular formula is C26H29N3O2. The number of H-pyrrole nitrogens is 1. The van der Waals surface area contributed by atoms with E-state index in [1.807, 2.05) is 53.4 Å². The quantitative estimate of drug-likeness (QED) is 0.594. The smallest absolute Gasteiger partial charge is 0.258 e. The molecule has 2 atom stereocenters. The molecule has 0 spiro atoms. The highest BCUT2D eigenvalue weighted by atomic mass is 16.2. The van der Waals surface area contributed by atoms with Gasteiger partial charge in [0, 0.05) is 6.54 Å². The van der Waals surface area contributed by atoms with Crippen molar-refractivity contribution in [3.05, 3.63) is 88.0 Å². The maximum atomic E-state index is 13.6. The number of fused-ring (bicyclic) bond motifs is 1. The zero-order valence-electron chi connectivity index (χ0n) is 18.6. The van der Waals surface area contributed by atoms with E-state index in [0.29, 0.717) is 23.3 Å². The monoisotopic (exact) mass is 415 g/mol. The van der Waals surface area contributed by atoms with Gasteiger partial charge in [-0.3, -0.25) is 9.59 Å². The lowest BCUT2D eigenvalue weighted by Crippen LogP contribution is -2.34. The van der Waals surface area contributed by atoms with Crippen LogP contribution < -0.4 is 5.56 Å². The van der Waals surface area contributed by atoms with Crippen LogP contribution in [-0.4, -0.2) is 20.8 Å². The van der Waals surface area contributed by atoms with Gasteiger partial charge >= 0.3 is 0 Å². The van der Waals surface area contributed by atoms with Crippen molar-refractivity contribution in [3.63, 3.8) is 0 Å². The Morgan fingerprint density at radius 1 is 1.06 bits per heavy atom. The van der Waals surface area contributed by atoms with Crippen molar-refractivity contribution in [2.45, 2.75) is 40.8 Å². The fourth-order valence-electron chi connectivity index (χ4n) is 4.42. The molecule has 1 aromatic heterocycles. The zero-order chi connectivity index (χ0) is 22.2. The largest absolute Gasteiger partial charge is 0.331 e. The molecule has 5 heteroatoms. The number of nitrogens with one attached hydrogen (secondary N) is 1. The summed E-state index contributed by atoms with van der Waals surface area (Å²) in [5.74, 6) is 0.766. The van der Waals surface area contributed by atoms with Crippen molar-refractivity contribution < 1.29 is 4.79 Å². The van der Waals surface area contributed by atoms with Gasteiger partial charge in [-0.25, -0.2) is 4.98 Å².